The second kappa shape index (κ2) is 4.59. The Labute approximate surface area is 108 Å². The lowest BCUT2D eigenvalue weighted by molar-refractivity contribution is -0.901. The van der Waals surface area contributed by atoms with E-state index in [0.717, 1.165) is 11.0 Å². The number of halogens is 2. The number of quaternary nitrogens is 1. The first-order chi connectivity index (χ1) is 6.95. The van der Waals surface area contributed by atoms with Gasteiger partial charge < -0.3 is 21.6 Å². The maximum Gasteiger partial charge on any atom is 0.425 e. The predicted octanol–water partition coefficient (Wildman–Crippen LogP) is -1.40. The van der Waals surface area contributed by atoms with E-state index in [1.54, 1.807) is 0 Å². The fourth-order valence-corrected chi connectivity index (χ4v) is 2.89. The number of hydrogen-bond acceptors (Lipinski definition) is 2. The van der Waals surface area contributed by atoms with Crippen LogP contribution in [0.4, 0.5) is 4.79 Å². The molecule has 1 unspecified atom stereocenters. The lowest BCUT2D eigenvalue weighted by Gasteiger charge is -2.37. The summed E-state index contributed by atoms with van der Waals surface area (Å²) in [5.74, 6) is 0. The van der Waals surface area contributed by atoms with E-state index >= 15 is 0 Å². The molecule has 0 N–H and O–H groups in total. The predicted molar refractivity (Wildman–Crippen MR) is 57.5 cm³/mol. The second-order valence-corrected chi connectivity index (χ2v) is 5.60. The van der Waals surface area contributed by atoms with Crippen molar-refractivity contribution in [2.45, 2.75) is 25.3 Å². The quantitative estimate of drug-likeness (QED) is 0.455. The van der Waals surface area contributed by atoms with Gasteiger partial charge in [0.1, 0.15) is 18.7 Å². The van der Waals surface area contributed by atoms with Gasteiger partial charge in [-0.1, -0.05) is 0 Å². The van der Waals surface area contributed by atoms with Gasteiger partial charge in [0.05, 0.1) is 20.1 Å². The Morgan fingerprint density at radius 2 is 2.06 bits per heavy atom. The highest BCUT2D eigenvalue weighted by Gasteiger charge is 2.49. The van der Waals surface area contributed by atoms with Crippen molar-refractivity contribution in [2.75, 3.05) is 33.3 Å². The molecular formula is C10H18Cl2N2O2. The molecule has 0 aromatic carbocycles. The minimum absolute atomic E-state index is 0. The topological polar surface area (TPSA) is 29.5 Å². The minimum atomic E-state index is -0.412. The highest BCUT2D eigenvalue weighted by atomic mass is 35.5. The Morgan fingerprint density at radius 1 is 1.50 bits per heavy atom. The standard InChI is InChI=1S/C10H18ClN2O2.ClH/c1-10(8-15-9(14)12(10)11)7-13(2)5-3-4-6-13;/h3-8H2,1-2H3;1H/q+1;/p-1. The summed E-state index contributed by atoms with van der Waals surface area (Å²) >= 11 is 5.96. The van der Waals surface area contributed by atoms with E-state index in [0.29, 0.717) is 6.61 Å². The highest BCUT2D eigenvalue weighted by molar-refractivity contribution is 6.21. The van der Waals surface area contributed by atoms with Crippen LogP contribution in [0.1, 0.15) is 19.8 Å². The van der Waals surface area contributed by atoms with Gasteiger partial charge in [-0.05, 0) is 6.92 Å². The van der Waals surface area contributed by atoms with Gasteiger partial charge in [-0.25, -0.2) is 9.21 Å². The first-order valence-electron chi connectivity index (χ1n) is 5.42. The molecular weight excluding hydrogens is 251 g/mol. The number of nitrogens with zero attached hydrogens (tertiary/aromatic N) is 2. The lowest BCUT2D eigenvalue weighted by Crippen LogP contribution is -3.00. The fourth-order valence-electron chi connectivity index (χ4n) is 2.74. The number of hydrogen-bond donors (Lipinski definition) is 0. The van der Waals surface area contributed by atoms with Crippen LogP contribution < -0.4 is 12.4 Å². The molecule has 2 aliphatic heterocycles. The normalized spacial score (nSPS) is 32.4. The van der Waals surface area contributed by atoms with E-state index in [-0.39, 0.29) is 17.9 Å². The summed E-state index contributed by atoms with van der Waals surface area (Å²) in [5, 5.41) is 0. The van der Waals surface area contributed by atoms with E-state index in [1.165, 1.54) is 30.4 Å². The first-order valence-corrected chi connectivity index (χ1v) is 5.75. The zero-order valence-corrected chi connectivity index (χ0v) is 11.2. The summed E-state index contributed by atoms with van der Waals surface area (Å²) in [4.78, 5) is 11.2. The zero-order valence-electron chi connectivity index (χ0n) is 9.71. The number of likely N-dealkylation sites (tertiary alicyclic amines) is 1. The van der Waals surface area contributed by atoms with Gasteiger partial charge >= 0.3 is 6.09 Å². The van der Waals surface area contributed by atoms with Gasteiger partial charge in [0.15, 0.2) is 0 Å². The number of ether oxygens (including phenoxy) is 1. The summed E-state index contributed by atoms with van der Waals surface area (Å²) in [6.07, 6.45) is 2.12. The third kappa shape index (κ3) is 2.39. The summed E-state index contributed by atoms with van der Waals surface area (Å²) in [6, 6.07) is 0. The number of rotatable bonds is 2. The smallest absolute Gasteiger partial charge is 0.425 e. The van der Waals surface area contributed by atoms with Crippen LogP contribution in [0.5, 0.6) is 0 Å². The Balaban J connectivity index is 0.00000128. The van der Waals surface area contributed by atoms with Gasteiger partial charge in [0, 0.05) is 24.6 Å². The van der Waals surface area contributed by atoms with Crippen molar-refractivity contribution in [3.05, 3.63) is 0 Å². The monoisotopic (exact) mass is 268 g/mol. The third-order valence-electron chi connectivity index (χ3n) is 3.51. The summed E-state index contributed by atoms with van der Waals surface area (Å²) < 4.78 is 7.21. The van der Waals surface area contributed by atoms with Gasteiger partial charge in [-0.2, -0.15) is 0 Å². The average Bonchev–Trinajstić information content (AvgIpc) is 2.68. The molecule has 2 heterocycles. The zero-order chi connectivity index (χ0) is 11.1. The van der Waals surface area contributed by atoms with Crippen molar-refractivity contribution in [2.24, 2.45) is 0 Å². The van der Waals surface area contributed by atoms with Crippen molar-refractivity contribution in [1.29, 1.82) is 0 Å². The number of carbonyl (C=O) groups excluding carboxylic acids is 1. The number of cyclic esters (lactones) is 1. The summed E-state index contributed by atoms with van der Waals surface area (Å²) in [5.41, 5.74) is -0.349. The maximum absolute atomic E-state index is 11.2. The van der Waals surface area contributed by atoms with Crippen LogP contribution in [-0.2, 0) is 4.74 Å². The molecule has 1 atom stereocenters. The fraction of sp³-hybridized carbons (Fsp3) is 0.900. The van der Waals surface area contributed by atoms with E-state index in [4.69, 9.17) is 16.5 Å². The molecule has 2 fully saturated rings. The summed E-state index contributed by atoms with van der Waals surface area (Å²) in [7, 11) is 2.23. The molecule has 0 aliphatic carbocycles. The van der Waals surface area contributed by atoms with Crippen molar-refractivity contribution in [3.8, 4) is 0 Å². The Hall–Kier alpha value is -0.190. The second-order valence-electron chi connectivity index (χ2n) is 5.26. The largest absolute Gasteiger partial charge is 1.00 e. The van der Waals surface area contributed by atoms with Gasteiger partial charge in [0.2, 0.25) is 0 Å². The van der Waals surface area contributed by atoms with Crippen molar-refractivity contribution >= 4 is 17.9 Å². The van der Waals surface area contributed by atoms with E-state index in [2.05, 4.69) is 7.05 Å². The SMILES string of the molecule is CC1(C[N+]2(C)CCCC2)COC(=O)N1Cl.[Cl-]. The van der Waals surface area contributed by atoms with Crippen LogP contribution in [0.3, 0.4) is 0 Å². The van der Waals surface area contributed by atoms with E-state index in [9.17, 15) is 4.79 Å². The number of amides is 1. The molecule has 94 valence electrons. The molecule has 0 saturated carbocycles. The van der Waals surface area contributed by atoms with Crippen molar-refractivity contribution in [3.63, 3.8) is 0 Å². The average molecular weight is 269 g/mol. The van der Waals surface area contributed by atoms with Crippen LogP contribution in [0, 0.1) is 0 Å². The molecule has 0 aromatic heterocycles. The van der Waals surface area contributed by atoms with Crippen LogP contribution >= 0.6 is 11.8 Å². The Bertz CT molecular complexity index is 282. The van der Waals surface area contributed by atoms with Crippen molar-refractivity contribution in [1.82, 2.24) is 4.42 Å². The van der Waals surface area contributed by atoms with Crippen LogP contribution in [0.25, 0.3) is 0 Å². The van der Waals surface area contributed by atoms with E-state index in [1.807, 2.05) is 6.92 Å². The highest BCUT2D eigenvalue weighted by Crippen LogP contribution is 2.30. The molecule has 2 rings (SSSR count). The molecule has 2 saturated heterocycles. The van der Waals surface area contributed by atoms with Crippen molar-refractivity contribution < 1.29 is 26.4 Å². The molecule has 4 nitrogen and oxygen atoms in total. The van der Waals surface area contributed by atoms with Gasteiger partial charge in [0.25, 0.3) is 0 Å². The van der Waals surface area contributed by atoms with Gasteiger partial charge in [-0.15, -0.1) is 0 Å². The van der Waals surface area contributed by atoms with Gasteiger partial charge in [-0.3, -0.25) is 0 Å². The minimum Gasteiger partial charge on any atom is -1.00 e. The molecule has 1 amide bonds. The molecule has 0 spiro atoms. The molecule has 0 radical (unpaired) electrons. The molecule has 2 aliphatic rings. The molecule has 16 heavy (non-hydrogen) atoms. The van der Waals surface area contributed by atoms with Crippen LogP contribution in [0.15, 0.2) is 0 Å². The number of carbonyl (C=O) groups is 1. The van der Waals surface area contributed by atoms with Crippen LogP contribution in [0.2, 0.25) is 0 Å². The lowest BCUT2D eigenvalue weighted by atomic mass is 10.0. The maximum atomic E-state index is 11.2. The Morgan fingerprint density at radius 3 is 2.50 bits per heavy atom. The number of likely N-dealkylation sites (N-methyl/N-ethyl adjacent to an activating group) is 1. The molecule has 0 aromatic rings. The first kappa shape index (κ1) is 13.9. The van der Waals surface area contributed by atoms with Crippen LogP contribution in [-0.4, -0.2) is 53.8 Å². The summed E-state index contributed by atoms with van der Waals surface area (Å²) in [6.45, 7) is 5.63. The molecule has 6 heteroatoms. The molecule has 0 bridgehead atoms. The van der Waals surface area contributed by atoms with E-state index < -0.39 is 6.09 Å². The third-order valence-corrected chi connectivity index (χ3v) is 4.06. The Kier molecular flexibility index (Phi) is 3.98.